The molecule has 0 aliphatic rings. The fourth-order valence-electron chi connectivity index (χ4n) is 2.55. The fourth-order valence-corrected chi connectivity index (χ4v) is 4.58. The SMILES string of the molecule is FC(F)(F)c1cccc(-c2nc3sc(-c4cccc(C(F)(F)F)c4)nc3s2)c1. The second-order valence-corrected chi connectivity index (χ2v) is 7.76. The Morgan fingerprint density at radius 1 is 0.607 bits per heavy atom. The van der Waals surface area contributed by atoms with Gasteiger partial charge in [-0.2, -0.15) is 26.3 Å². The molecular formula is C18H8F6N2S2. The van der Waals surface area contributed by atoms with Gasteiger partial charge in [-0.3, -0.25) is 0 Å². The van der Waals surface area contributed by atoms with Crippen LogP contribution >= 0.6 is 22.7 Å². The first-order chi connectivity index (χ1) is 13.1. The molecule has 0 radical (unpaired) electrons. The van der Waals surface area contributed by atoms with Crippen LogP contribution in [0, 0.1) is 0 Å². The topological polar surface area (TPSA) is 25.8 Å². The van der Waals surface area contributed by atoms with Crippen molar-refractivity contribution in [2.24, 2.45) is 0 Å². The van der Waals surface area contributed by atoms with Crippen molar-refractivity contribution >= 4 is 32.3 Å². The van der Waals surface area contributed by atoms with Crippen molar-refractivity contribution < 1.29 is 26.3 Å². The van der Waals surface area contributed by atoms with E-state index in [0.717, 1.165) is 46.9 Å². The highest BCUT2D eigenvalue weighted by molar-refractivity contribution is 7.29. The molecule has 0 spiro atoms. The van der Waals surface area contributed by atoms with Crippen molar-refractivity contribution in [3.63, 3.8) is 0 Å². The minimum absolute atomic E-state index is 0.311. The van der Waals surface area contributed by atoms with Gasteiger partial charge in [0.05, 0.1) is 11.1 Å². The summed E-state index contributed by atoms with van der Waals surface area (Å²) in [5.41, 5.74) is -0.932. The Morgan fingerprint density at radius 2 is 1.00 bits per heavy atom. The Balaban J connectivity index is 1.70. The fraction of sp³-hybridized carbons (Fsp3) is 0.111. The molecule has 2 heterocycles. The molecular weight excluding hydrogens is 422 g/mol. The van der Waals surface area contributed by atoms with E-state index in [1.807, 2.05) is 0 Å². The summed E-state index contributed by atoms with van der Waals surface area (Å²) in [6.45, 7) is 0. The number of thiazole rings is 2. The first-order valence-corrected chi connectivity index (χ1v) is 9.37. The smallest absolute Gasteiger partial charge is 0.223 e. The zero-order valence-electron chi connectivity index (χ0n) is 13.6. The van der Waals surface area contributed by atoms with E-state index < -0.39 is 23.5 Å². The van der Waals surface area contributed by atoms with Crippen LogP contribution in [-0.4, -0.2) is 9.97 Å². The Morgan fingerprint density at radius 3 is 1.36 bits per heavy atom. The van der Waals surface area contributed by atoms with Gasteiger partial charge in [-0.1, -0.05) is 46.9 Å². The number of halogens is 6. The van der Waals surface area contributed by atoms with E-state index in [4.69, 9.17) is 0 Å². The second kappa shape index (κ2) is 6.56. The lowest BCUT2D eigenvalue weighted by Gasteiger charge is -2.07. The third kappa shape index (κ3) is 3.61. The minimum Gasteiger partial charge on any atom is -0.223 e. The van der Waals surface area contributed by atoms with Crippen molar-refractivity contribution in [3.8, 4) is 21.1 Å². The maximum Gasteiger partial charge on any atom is 0.416 e. The lowest BCUT2D eigenvalue weighted by molar-refractivity contribution is -0.138. The molecule has 144 valence electrons. The van der Waals surface area contributed by atoms with Crippen LogP contribution in [0.25, 0.3) is 30.8 Å². The Hall–Kier alpha value is -2.46. The summed E-state index contributed by atoms with van der Waals surface area (Å²) in [4.78, 5) is 9.54. The van der Waals surface area contributed by atoms with E-state index in [-0.39, 0.29) is 0 Å². The van der Waals surface area contributed by atoms with Gasteiger partial charge in [0, 0.05) is 11.1 Å². The number of rotatable bonds is 2. The van der Waals surface area contributed by atoms with E-state index in [1.54, 1.807) is 0 Å². The highest BCUT2D eigenvalue weighted by Crippen LogP contribution is 2.39. The third-order valence-corrected chi connectivity index (χ3v) is 5.98. The largest absolute Gasteiger partial charge is 0.416 e. The quantitative estimate of drug-likeness (QED) is 0.316. The summed E-state index contributed by atoms with van der Waals surface area (Å²) in [6, 6.07) is 9.61. The van der Waals surface area contributed by atoms with Crippen molar-refractivity contribution in [2.75, 3.05) is 0 Å². The Labute approximate surface area is 162 Å². The summed E-state index contributed by atoms with van der Waals surface area (Å²) in [5, 5.41) is 0.742. The normalized spacial score (nSPS) is 12.6. The van der Waals surface area contributed by atoms with Crippen LogP contribution in [0.5, 0.6) is 0 Å². The van der Waals surface area contributed by atoms with E-state index in [0.29, 0.717) is 30.8 Å². The third-order valence-electron chi connectivity index (χ3n) is 3.85. The molecule has 0 fully saturated rings. The van der Waals surface area contributed by atoms with Crippen LogP contribution < -0.4 is 0 Å². The summed E-state index contributed by atoms with van der Waals surface area (Å²) in [6.07, 6.45) is -8.92. The molecule has 0 atom stereocenters. The van der Waals surface area contributed by atoms with Gasteiger partial charge in [-0.15, -0.1) is 0 Å². The van der Waals surface area contributed by atoms with Crippen molar-refractivity contribution in [1.82, 2.24) is 9.97 Å². The maximum atomic E-state index is 12.9. The Kier molecular flexibility index (Phi) is 4.42. The van der Waals surface area contributed by atoms with E-state index in [1.165, 1.54) is 24.3 Å². The molecule has 0 saturated carbocycles. The first-order valence-electron chi connectivity index (χ1n) is 7.74. The molecule has 0 unspecified atom stereocenters. The monoisotopic (exact) mass is 430 g/mol. The summed E-state index contributed by atoms with van der Waals surface area (Å²) < 4.78 is 77.3. The van der Waals surface area contributed by atoms with Gasteiger partial charge in [0.1, 0.15) is 10.0 Å². The number of hydrogen-bond acceptors (Lipinski definition) is 4. The molecule has 0 bridgehead atoms. The van der Waals surface area contributed by atoms with E-state index >= 15 is 0 Å². The van der Waals surface area contributed by atoms with Gasteiger partial charge >= 0.3 is 12.4 Å². The average Bonchev–Trinajstić information content (AvgIpc) is 3.20. The highest BCUT2D eigenvalue weighted by Gasteiger charge is 2.31. The number of benzene rings is 2. The lowest BCUT2D eigenvalue weighted by Crippen LogP contribution is -2.04. The number of nitrogens with zero attached hydrogens (tertiary/aromatic N) is 2. The molecule has 0 aliphatic carbocycles. The molecule has 2 aromatic carbocycles. The standard InChI is InChI=1S/C18H8F6N2S2/c19-17(20,21)11-5-1-3-9(7-11)13-25-15-16(27-13)26-14(28-15)10-4-2-6-12(8-10)18(22,23)24/h1-8H. The van der Waals surface area contributed by atoms with E-state index in [2.05, 4.69) is 9.97 Å². The number of hydrogen-bond donors (Lipinski definition) is 0. The van der Waals surface area contributed by atoms with Crippen LogP contribution in [0.2, 0.25) is 0 Å². The summed E-state index contributed by atoms with van der Waals surface area (Å²) >= 11 is 2.19. The van der Waals surface area contributed by atoms with Crippen molar-refractivity contribution in [3.05, 3.63) is 59.7 Å². The molecule has 10 heteroatoms. The van der Waals surface area contributed by atoms with Crippen LogP contribution in [0.15, 0.2) is 48.5 Å². The summed E-state index contributed by atoms with van der Waals surface area (Å²) in [5.74, 6) is 0. The first kappa shape index (κ1) is 18.9. The number of alkyl halides is 6. The molecule has 4 rings (SSSR count). The predicted octanol–water partition coefficient (Wildman–Crippen LogP) is 7.12. The zero-order chi connectivity index (χ0) is 20.1. The van der Waals surface area contributed by atoms with Crippen LogP contribution in [0.3, 0.4) is 0 Å². The highest BCUT2D eigenvalue weighted by atomic mass is 32.1. The van der Waals surface area contributed by atoms with Crippen molar-refractivity contribution in [1.29, 1.82) is 0 Å². The predicted molar refractivity (Wildman–Crippen MR) is 96.2 cm³/mol. The molecule has 28 heavy (non-hydrogen) atoms. The van der Waals surface area contributed by atoms with Gasteiger partial charge in [-0.25, -0.2) is 9.97 Å². The van der Waals surface area contributed by atoms with Crippen molar-refractivity contribution in [2.45, 2.75) is 12.4 Å². The number of fused-ring (bicyclic) bond motifs is 1. The van der Waals surface area contributed by atoms with Gasteiger partial charge in [0.2, 0.25) is 0 Å². The van der Waals surface area contributed by atoms with Crippen LogP contribution in [0.4, 0.5) is 26.3 Å². The van der Waals surface area contributed by atoms with Crippen LogP contribution in [-0.2, 0) is 12.4 Å². The van der Waals surface area contributed by atoms with Crippen LogP contribution in [0.1, 0.15) is 11.1 Å². The van der Waals surface area contributed by atoms with Gasteiger partial charge < -0.3 is 0 Å². The molecule has 0 aliphatic heterocycles. The van der Waals surface area contributed by atoms with Gasteiger partial charge in [0.15, 0.2) is 9.66 Å². The van der Waals surface area contributed by atoms with Gasteiger partial charge in [0.25, 0.3) is 0 Å². The molecule has 2 aromatic heterocycles. The zero-order valence-corrected chi connectivity index (χ0v) is 15.2. The van der Waals surface area contributed by atoms with Gasteiger partial charge in [-0.05, 0) is 24.3 Å². The maximum absolute atomic E-state index is 12.9. The number of aromatic nitrogens is 2. The summed E-state index contributed by atoms with van der Waals surface area (Å²) in [7, 11) is 0. The minimum atomic E-state index is -4.46. The van der Waals surface area contributed by atoms with E-state index in [9.17, 15) is 26.3 Å². The lowest BCUT2D eigenvalue weighted by atomic mass is 10.1. The molecule has 2 nitrogen and oxygen atoms in total. The molecule has 0 amide bonds. The Bertz CT molecular complexity index is 1040. The molecule has 0 saturated heterocycles. The average molecular weight is 430 g/mol. The molecule has 0 N–H and O–H groups in total. The second-order valence-electron chi connectivity index (χ2n) is 5.81. The molecule has 4 aromatic rings.